The zero-order valence-electron chi connectivity index (χ0n) is 13.6. The van der Waals surface area contributed by atoms with Gasteiger partial charge in [0.1, 0.15) is 5.75 Å². The summed E-state index contributed by atoms with van der Waals surface area (Å²) < 4.78 is 15.9. The number of nitrogens with zero attached hydrogens (tertiary/aromatic N) is 1. The topological polar surface area (TPSA) is 74.0 Å². The Bertz CT molecular complexity index is 547. The average Bonchev–Trinajstić information content (AvgIpc) is 2.55. The fourth-order valence-electron chi connectivity index (χ4n) is 2.81. The number of rotatable bonds is 4. The van der Waals surface area contributed by atoms with Crippen LogP contribution in [-0.4, -0.2) is 50.8 Å². The van der Waals surface area contributed by atoms with Crippen molar-refractivity contribution in [2.75, 3.05) is 27.9 Å². The lowest BCUT2D eigenvalue weighted by Gasteiger charge is -2.38. The molecule has 2 atom stereocenters. The van der Waals surface area contributed by atoms with Gasteiger partial charge in [0, 0.05) is 30.8 Å². The van der Waals surface area contributed by atoms with Crippen molar-refractivity contribution in [2.45, 2.75) is 31.8 Å². The van der Waals surface area contributed by atoms with Crippen LogP contribution in [0.5, 0.6) is 17.2 Å². The third-order valence-electron chi connectivity index (χ3n) is 4.24. The van der Waals surface area contributed by atoms with E-state index in [1.54, 1.807) is 24.1 Å². The number of benzene rings is 1. The maximum Gasteiger partial charge on any atom is 0.258 e. The van der Waals surface area contributed by atoms with Gasteiger partial charge in [-0.3, -0.25) is 4.79 Å². The molecule has 1 aromatic rings. The Hall–Kier alpha value is -1.95. The van der Waals surface area contributed by atoms with Crippen LogP contribution < -0.4 is 19.9 Å². The predicted octanol–water partition coefficient (Wildman–Crippen LogP) is 1.66. The van der Waals surface area contributed by atoms with Crippen LogP contribution in [0.1, 0.15) is 30.1 Å². The summed E-state index contributed by atoms with van der Waals surface area (Å²) in [5.41, 5.74) is 6.55. The monoisotopic (exact) mass is 308 g/mol. The highest BCUT2D eigenvalue weighted by Crippen LogP contribution is 2.35. The molecule has 6 nitrogen and oxygen atoms in total. The largest absolute Gasteiger partial charge is 0.496 e. The fraction of sp³-hybridized carbons (Fsp3) is 0.562. The minimum Gasteiger partial charge on any atom is -0.496 e. The third kappa shape index (κ3) is 2.97. The average molecular weight is 308 g/mol. The molecule has 0 unspecified atom stereocenters. The maximum absolute atomic E-state index is 12.9. The lowest BCUT2D eigenvalue weighted by atomic mass is 9.97. The predicted molar refractivity (Wildman–Crippen MR) is 83.8 cm³/mol. The van der Waals surface area contributed by atoms with Crippen LogP contribution in [0.25, 0.3) is 0 Å². The molecule has 6 heteroatoms. The van der Waals surface area contributed by atoms with Gasteiger partial charge in [0.05, 0.1) is 26.9 Å². The number of likely N-dealkylation sites (tertiary alicyclic amines) is 1. The minimum atomic E-state index is -0.0968. The fourth-order valence-corrected chi connectivity index (χ4v) is 2.81. The summed E-state index contributed by atoms with van der Waals surface area (Å²) in [5, 5.41) is 0. The molecule has 2 N–H and O–H groups in total. The molecule has 0 saturated carbocycles. The number of nitrogens with two attached hydrogens (primary N) is 1. The zero-order valence-corrected chi connectivity index (χ0v) is 13.6. The second-order valence-corrected chi connectivity index (χ2v) is 5.45. The van der Waals surface area contributed by atoms with Crippen LogP contribution in [0, 0.1) is 0 Å². The first-order chi connectivity index (χ1) is 10.5. The van der Waals surface area contributed by atoms with Crippen LogP contribution >= 0.6 is 0 Å². The van der Waals surface area contributed by atoms with E-state index in [1.807, 2.05) is 6.92 Å². The van der Waals surface area contributed by atoms with E-state index in [4.69, 9.17) is 19.9 Å². The molecule has 1 fully saturated rings. The number of hydrogen-bond donors (Lipinski definition) is 1. The number of piperidine rings is 1. The Kier molecular flexibility index (Phi) is 5.13. The van der Waals surface area contributed by atoms with Crippen LogP contribution in [0.3, 0.4) is 0 Å². The summed E-state index contributed by atoms with van der Waals surface area (Å²) >= 11 is 0. The number of ether oxygens (including phenoxy) is 3. The third-order valence-corrected chi connectivity index (χ3v) is 4.24. The second-order valence-electron chi connectivity index (χ2n) is 5.45. The Morgan fingerprint density at radius 3 is 2.32 bits per heavy atom. The molecule has 0 aromatic heterocycles. The molecule has 0 radical (unpaired) electrons. The highest BCUT2D eigenvalue weighted by molar-refractivity contribution is 5.98. The molecular formula is C16H24N2O4. The number of methoxy groups -OCH3 is 3. The maximum atomic E-state index is 12.9. The van der Waals surface area contributed by atoms with E-state index in [2.05, 4.69) is 0 Å². The summed E-state index contributed by atoms with van der Waals surface area (Å²) in [4.78, 5) is 14.7. The van der Waals surface area contributed by atoms with Crippen LogP contribution in [0.4, 0.5) is 0 Å². The summed E-state index contributed by atoms with van der Waals surface area (Å²) in [6.45, 7) is 2.68. The van der Waals surface area contributed by atoms with Crippen molar-refractivity contribution >= 4 is 5.91 Å². The Balaban J connectivity index is 2.39. The molecule has 1 aliphatic rings. The first-order valence-electron chi connectivity index (χ1n) is 7.40. The van der Waals surface area contributed by atoms with Crippen molar-refractivity contribution in [3.8, 4) is 17.2 Å². The lowest BCUT2D eigenvalue weighted by Crippen LogP contribution is -2.52. The number of amides is 1. The van der Waals surface area contributed by atoms with Gasteiger partial charge in [0.2, 0.25) is 0 Å². The van der Waals surface area contributed by atoms with Crippen molar-refractivity contribution in [1.82, 2.24) is 4.90 Å². The molecule has 2 rings (SSSR count). The molecular weight excluding hydrogens is 284 g/mol. The highest BCUT2D eigenvalue weighted by Gasteiger charge is 2.31. The summed E-state index contributed by atoms with van der Waals surface area (Å²) in [5.74, 6) is 1.40. The Morgan fingerprint density at radius 1 is 1.14 bits per heavy atom. The molecule has 1 amide bonds. The van der Waals surface area contributed by atoms with Crippen molar-refractivity contribution in [3.63, 3.8) is 0 Å². The van der Waals surface area contributed by atoms with Gasteiger partial charge in [-0.2, -0.15) is 0 Å². The SMILES string of the molecule is COc1cc(OC)c(C(=O)N2CCC[C@@H](N)[C@H]2C)cc1OC. The number of carbonyl (C=O) groups excluding carboxylic acids is 1. The van der Waals surface area contributed by atoms with Crippen LogP contribution in [0.2, 0.25) is 0 Å². The minimum absolute atomic E-state index is 0.000877. The summed E-state index contributed by atoms with van der Waals surface area (Å²) in [6.07, 6.45) is 1.85. The van der Waals surface area contributed by atoms with Gasteiger partial charge < -0.3 is 24.8 Å². The van der Waals surface area contributed by atoms with Gasteiger partial charge in [-0.1, -0.05) is 0 Å². The smallest absolute Gasteiger partial charge is 0.258 e. The quantitative estimate of drug-likeness (QED) is 0.916. The highest BCUT2D eigenvalue weighted by atomic mass is 16.5. The Labute approximate surface area is 131 Å². The van der Waals surface area contributed by atoms with E-state index in [-0.39, 0.29) is 18.0 Å². The van der Waals surface area contributed by atoms with E-state index in [0.717, 1.165) is 12.8 Å². The molecule has 0 spiro atoms. The zero-order chi connectivity index (χ0) is 16.3. The van der Waals surface area contributed by atoms with E-state index in [0.29, 0.717) is 29.4 Å². The van der Waals surface area contributed by atoms with Crippen LogP contribution in [-0.2, 0) is 0 Å². The normalized spacial score (nSPS) is 21.4. The van der Waals surface area contributed by atoms with Gasteiger partial charge in [0.25, 0.3) is 5.91 Å². The second kappa shape index (κ2) is 6.87. The lowest BCUT2D eigenvalue weighted by molar-refractivity contribution is 0.0601. The first kappa shape index (κ1) is 16.4. The van der Waals surface area contributed by atoms with E-state index >= 15 is 0 Å². The molecule has 0 bridgehead atoms. The van der Waals surface area contributed by atoms with Crippen LogP contribution in [0.15, 0.2) is 12.1 Å². The molecule has 22 heavy (non-hydrogen) atoms. The summed E-state index contributed by atoms with van der Waals surface area (Å²) in [6, 6.07) is 3.33. The van der Waals surface area contributed by atoms with E-state index < -0.39 is 0 Å². The van der Waals surface area contributed by atoms with E-state index in [1.165, 1.54) is 14.2 Å². The van der Waals surface area contributed by atoms with Crippen molar-refractivity contribution < 1.29 is 19.0 Å². The van der Waals surface area contributed by atoms with Crippen molar-refractivity contribution in [3.05, 3.63) is 17.7 Å². The van der Waals surface area contributed by atoms with E-state index in [9.17, 15) is 4.79 Å². The van der Waals surface area contributed by atoms with Gasteiger partial charge >= 0.3 is 0 Å². The molecule has 122 valence electrons. The molecule has 1 heterocycles. The molecule has 0 aliphatic carbocycles. The number of hydrogen-bond acceptors (Lipinski definition) is 5. The number of carbonyl (C=O) groups is 1. The first-order valence-corrected chi connectivity index (χ1v) is 7.40. The van der Waals surface area contributed by atoms with Gasteiger partial charge in [-0.15, -0.1) is 0 Å². The Morgan fingerprint density at radius 2 is 1.73 bits per heavy atom. The molecule has 1 aromatic carbocycles. The summed E-state index contributed by atoms with van der Waals surface area (Å²) in [7, 11) is 4.62. The molecule has 1 saturated heterocycles. The molecule has 1 aliphatic heterocycles. The van der Waals surface area contributed by atoms with Gasteiger partial charge in [-0.25, -0.2) is 0 Å². The van der Waals surface area contributed by atoms with Gasteiger partial charge in [0.15, 0.2) is 11.5 Å². The standard InChI is InChI=1S/C16H24N2O4/c1-10-12(17)6-5-7-18(10)16(19)11-8-14(21-3)15(22-4)9-13(11)20-2/h8-10,12H,5-7,17H2,1-4H3/t10-,12-/m1/s1. The van der Waals surface area contributed by atoms with Gasteiger partial charge in [-0.05, 0) is 19.8 Å². The van der Waals surface area contributed by atoms with Crippen molar-refractivity contribution in [2.24, 2.45) is 5.73 Å². The van der Waals surface area contributed by atoms with Crippen molar-refractivity contribution in [1.29, 1.82) is 0 Å².